The molecule has 0 saturated heterocycles. The molecular formula is C14H17Cl2NO3S. The molecule has 4 nitrogen and oxygen atoms in total. The molecule has 0 spiro atoms. The number of anilines is 1. The van der Waals surface area contributed by atoms with Gasteiger partial charge in [-0.15, -0.1) is 0 Å². The molecular weight excluding hydrogens is 333 g/mol. The molecule has 1 N–H and O–H groups in total. The van der Waals surface area contributed by atoms with Crippen molar-refractivity contribution in [3.8, 4) is 0 Å². The predicted molar refractivity (Wildman–Crippen MR) is 84.3 cm³/mol. The van der Waals surface area contributed by atoms with Gasteiger partial charge in [0.1, 0.15) is 4.90 Å². The fourth-order valence-electron chi connectivity index (χ4n) is 2.83. The smallest absolute Gasteiger partial charge is 0.262 e. The van der Waals surface area contributed by atoms with Gasteiger partial charge >= 0.3 is 0 Å². The van der Waals surface area contributed by atoms with Gasteiger partial charge in [0, 0.05) is 21.8 Å². The van der Waals surface area contributed by atoms with Crippen LogP contribution in [0.1, 0.15) is 39.0 Å². The molecule has 0 bridgehead atoms. The lowest BCUT2D eigenvalue weighted by atomic mass is 9.82. The highest BCUT2D eigenvalue weighted by Gasteiger charge is 2.39. The second-order valence-corrected chi connectivity index (χ2v) is 8.32. The number of hydrogen-bond donors (Lipinski definition) is 1. The predicted octanol–water partition coefficient (Wildman–Crippen LogP) is 4.18. The van der Waals surface area contributed by atoms with Crippen molar-refractivity contribution < 1.29 is 13.2 Å². The van der Waals surface area contributed by atoms with Gasteiger partial charge in [0.2, 0.25) is 5.91 Å². The zero-order valence-corrected chi connectivity index (χ0v) is 14.0. The summed E-state index contributed by atoms with van der Waals surface area (Å²) >= 11 is 5.91. The standard InChI is InChI=1S/C14H17Cl2NO3S/c1-2-14(7-3-4-8-14)13(18)17-10-5-6-12(11(15)9-10)21(16,19)20/h5-6,9H,2-4,7-8H2,1H3,(H,17,18). The minimum Gasteiger partial charge on any atom is -0.326 e. The molecule has 1 aliphatic carbocycles. The van der Waals surface area contributed by atoms with Gasteiger partial charge in [-0.25, -0.2) is 8.42 Å². The lowest BCUT2D eigenvalue weighted by molar-refractivity contribution is -0.125. The van der Waals surface area contributed by atoms with Crippen LogP contribution in [0.15, 0.2) is 23.1 Å². The number of carbonyl (C=O) groups excluding carboxylic acids is 1. The number of halogens is 2. The maximum atomic E-state index is 12.5. The summed E-state index contributed by atoms with van der Waals surface area (Å²) in [5.41, 5.74) is 0.165. The second-order valence-electron chi connectivity index (χ2n) is 5.38. The van der Waals surface area contributed by atoms with Gasteiger partial charge in [-0.1, -0.05) is 31.4 Å². The van der Waals surface area contributed by atoms with E-state index in [1.165, 1.54) is 18.2 Å². The Morgan fingerprint density at radius 2 is 1.95 bits per heavy atom. The molecule has 7 heteroatoms. The third kappa shape index (κ3) is 3.52. The topological polar surface area (TPSA) is 63.2 Å². The highest BCUT2D eigenvalue weighted by molar-refractivity contribution is 8.13. The van der Waals surface area contributed by atoms with E-state index < -0.39 is 9.05 Å². The zero-order chi connectivity index (χ0) is 15.7. The molecule has 1 aromatic carbocycles. The lowest BCUT2D eigenvalue weighted by Gasteiger charge is -2.26. The lowest BCUT2D eigenvalue weighted by Crippen LogP contribution is -2.33. The van der Waals surface area contributed by atoms with Gasteiger partial charge in [-0.3, -0.25) is 4.79 Å². The molecule has 1 aromatic rings. The minimum absolute atomic E-state index is 0.000213. The summed E-state index contributed by atoms with van der Waals surface area (Å²) in [6, 6.07) is 4.21. The quantitative estimate of drug-likeness (QED) is 0.829. The summed E-state index contributed by atoms with van der Waals surface area (Å²) in [5.74, 6) is -0.0277. The van der Waals surface area contributed by atoms with Crippen LogP contribution in [-0.2, 0) is 13.8 Å². The van der Waals surface area contributed by atoms with Crippen LogP contribution in [0, 0.1) is 5.41 Å². The Bertz CT molecular complexity index is 652. The average Bonchev–Trinajstić information content (AvgIpc) is 2.87. The summed E-state index contributed by atoms with van der Waals surface area (Å²) in [5, 5.41) is 2.83. The maximum Gasteiger partial charge on any atom is 0.262 e. The molecule has 0 atom stereocenters. The fourth-order valence-corrected chi connectivity index (χ4v) is 4.36. The molecule has 1 aliphatic rings. The molecule has 0 aromatic heterocycles. The van der Waals surface area contributed by atoms with Crippen molar-refractivity contribution in [2.45, 2.75) is 43.9 Å². The molecule has 0 radical (unpaired) electrons. The third-order valence-corrected chi connectivity index (χ3v) is 5.98. The number of benzene rings is 1. The summed E-state index contributed by atoms with van der Waals surface area (Å²) in [6.07, 6.45) is 4.69. The molecule has 116 valence electrons. The van der Waals surface area contributed by atoms with E-state index in [9.17, 15) is 13.2 Å². The monoisotopic (exact) mass is 349 g/mol. The normalized spacial score (nSPS) is 17.7. The Kier molecular flexibility index (Phi) is 4.85. The zero-order valence-electron chi connectivity index (χ0n) is 11.7. The van der Waals surface area contributed by atoms with Crippen molar-refractivity contribution in [2.24, 2.45) is 5.41 Å². The van der Waals surface area contributed by atoms with Crippen LogP contribution in [0.5, 0.6) is 0 Å². The summed E-state index contributed by atoms with van der Waals surface area (Å²) in [6.45, 7) is 2.01. The van der Waals surface area contributed by atoms with E-state index in [0.29, 0.717) is 5.69 Å². The van der Waals surface area contributed by atoms with Crippen LogP contribution in [0.3, 0.4) is 0 Å². The van der Waals surface area contributed by atoms with Crippen molar-refractivity contribution in [3.63, 3.8) is 0 Å². The van der Waals surface area contributed by atoms with Gasteiger partial charge in [-0.05, 0) is 37.5 Å². The average molecular weight is 350 g/mol. The SMILES string of the molecule is CCC1(C(=O)Nc2ccc(S(=O)(=O)Cl)c(Cl)c2)CCCC1. The Hall–Kier alpha value is -0.780. The van der Waals surface area contributed by atoms with Crippen molar-refractivity contribution in [1.29, 1.82) is 0 Å². The molecule has 0 heterocycles. The van der Waals surface area contributed by atoms with Crippen LogP contribution in [0.25, 0.3) is 0 Å². The molecule has 0 unspecified atom stereocenters. The first-order chi connectivity index (χ1) is 9.78. The van der Waals surface area contributed by atoms with Crippen molar-refractivity contribution in [1.82, 2.24) is 0 Å². The summed E-state index contributed by atoms with van der Waals surface area (Å²) in [7, 11) is 1.39. The van der Waals surface area contributed by atoms with Crippen LogP contribution >= 0.6 is 22.3 Å². The first-order valence-electron chi connectivity index (χ1n) is 6.84. The molecule has 1 fully saturated rings. The van der Waals surface area contributed by atoms with E-state index >= 15 is 0 Å². The highest BCUT2D eigenvalue weighted by Crippen LogP contribution is 2.42. The van der Waals surface area contributed by atoms with Gasteiger partial charge in [0.15, 0.2) is 0 Å². The van der Waals surface area contributed by atoms with E-state index in [1.807, 2.05) is 6.92 Å². The van der Waals surface area contributed by atoms with Crippen LogP contribution in [0.4, 0.5) is 5.69 Å². The van der Waals surface area contributed by atoms with E-state index in [4.69, 9.17) is 22.3 Å². The molecule has 2 rings (SSSR count). The Labute approximate surface area is 134 Å². The summed E-state index contributed by atoms with van der Waals surface area (Å²) < 4.78 is 22.6. The van der Waals surface area contributed by atoms with Gasteiger partial charge < -0.3 is 5.32 Å². The van der Waals surface area contributed by atoms with Gasteiger partial charge in [0.25, 0.3) is 9.05 Å². The first-order valence-corrected chi connectivity index (χ1v) is 9.53. The van der Waals surface area contributed by atoms with E-state index in [0.717, 1.165) is 32.1 Å². The molecule has 1 saturated carbocycles. The molecule has 0 aliphatic heterocycles. The molecule has 1 amide bonds. The van der Waals surface area contributed by atoms with Crippen LogP contribution in [0.2, 0.25) is 5.02 Å². The number of hydrogen-bond acceptors (Lipinski definition) is 3. The van der Waals surface area contributed by atoms with Gasteiger partial charge in [0.05, 0.1) is 5.02 Å². The van der Waals surface area contributed by atoms with Crippen molar-refractivity contribution in [2.75, 3.05) is 5.32 Å². The van der Waals surface area contributed by atoms with Crippen molar-refractivity contribution in [3.05, 3.63) is 23.2 Å². The Morgan fingerprint density at radius 3 is 2.43 bits per heavy atom. The third-order valence-electron chi connectivity index (χ3n) is 4.17. The van der Waals surface area contributed by atoms with Crippen LogP contribution in [-0.4, -0.2) is 14.3 Å². The number of rotatable bonds is 4. The largest absolute Gasteiger partial charge is 0.326 e. The highest BCUT2D eigenvalue weighted by atomic mass is 35.7. The Balaban J connectivity index is 2.21. The number of nitrogens with one attached hydrogen (secondary N) is 1. The second kappa shape index (κ2) is 6.15. The van der Waals surface area contributed by atoms with Crippen molar-refractivity contribution >= 4 is 42.9 Å². The van der Waals surface area contributed by atoms with Gasteiger partial charge in [-0.2, -0.15) is 0 Å². The maximum absolute atomic E-state index is 12.5. The van der Waals surface area contributed by atoms with E-state index in [1.54, 1.807) is 0 Å². The van der Waals surface area contributed by atoms with Crippen LogP contribution < -0.4 is 5.32 Å². The van der Waals surface area contributed by atoms with E-state index in [-0.39, 0.29) is 21.2 Å². The number of carbonyl (C=O) groups is 1. The fraction of sp³-hybridized carbons (Fsp3) is 0.500. The molecule has 21 heavy (non-hydrogen) atoms. The minimum atomic E-state index is -3.88. The summed E-state index contributed by atoms with van der Waals surface area (Å²) in [4.78, 5) is 12.3. The van der Waals surface area contributed by atoms with E-state index in [2.05, 4.69) is 5.32 Å². The first kappa shape index (κ1) is 16.6. The number of amides is 1. The Morgan fingerprint density at radius 1 is 1.33 bits per heavy atom.